The van der Waals surface area contributed by atoms with Gasteiger partial charge in [0.15, 0.2) is 11.2 Å². The van der Waals surface area contributed by atoms with Crippen LogP contribution in [0.1, 0.15) is 30.9 Å². The van der Waals surface area contributed by atoms with Crippen LogP contribution in [0.4, 0.5) is 11.4 Å². The second-order valence-electron chi connectivity index (χ2n) is 6.82. The van der Waals surface area contributed by atoms with Gasteiger partial charge in [-0.1, -0.05) is 56.3 Å². The van der Waals surface area contributed by atoms with E-state index in [1.165, 1.54) is 5.56 Å². The normalized spacial score (nSPS) is 11.2. The molecule has 0 radical (unpaired) electrons. The van der Waals surface area contributed by atoms with Crippen molar-refractivity contribution in [2.75, 3.05) is 11.9 Å². The number of hydrogen-bond acceptors (Lipinski definition) is 3. The number of fused-ring (bicyclic) bond motifs is 3. The molecule has 3 nitrogen and oxygen atoms in total. The van der Waals surface area contributed by atoms with Crippen molar-refractivity contribution in [1.82, 2.24) is 0 Å². The molecule has 0 atom stereocenters. The second-order valence-corrected chi connectivity index (χ2v) is 6.82. The Labute approximate surface area is 153 Å². The van der Waals surface area contributed by atoms with Crippen molar-refractivity contribution in [3.8, 4) is 6.07 Å². The zero-order valence-corrected chi connectivity index (χ0v) is 15.2. The molecule has 0 saturated carbocycles. The molecule has 0 aliphatic rings. The van der Waals surface area contributed by atoms with Crippen LogP contribution in [0.2, 0.25) is 0 Å². The van der Waals surface area contributed by atoms with E-state index in [0.717, 1.165) is 27.7 Å². The molecule has 0 aliphatic heterocycles. The average molecular weight is 340 g/mol. The summed E-state index contributed by atoms with van der Waals surface area (Å²) in [6, 6.07) is 22.5. The van der Waals surface area contributed by atoms with Crippen molar-refractivity contribution in [3.63, 3.8) is 0 Å². The number of nitriles is 1. The van der Waals surface area contributed by atoms with E-state index in [-0.39, 0.29) is 0 Å². The fourth-order valence-electron chi connectivity index (χ4n) is 3.57. The van der Waals surface area contributed by atoms with Crippen LogP contribution in [0, 0.1) is 11.3 Å². The maximum atomic E-state index is 9.39. The van der Waals surface area contributed by atoms with E-state index >= 15 is 0 Å². The molecule has 0 unspecified atom stereocenters. The van der Waals surface area contributed by atoms with Crippen LogP contribution in [-0.2, 0) is 0 Å². The predicted molar refractivity (Wildman–Crippen MR) is 107 cm³/mol. The third kappa shape index (κ3) is 2.43. The number of nitrogens with zero attached hydrogens (tertiary/aromatic N) is 2. The number of rotatable bonds is 3. The number of hydrogen-bond donors (Lipinski definition) is 0. The van der Waals surface area contributed by atoms with Gasteiger partial charge in [0.25, 0.3) is 0 Å². The molecule has 0 saturated heterocycles. The first-order valence-electron chi connectivity index (χ1n) is 8.79. The van der Waals surface area contributed by atoms with E-state index in [4.69, 9.17) is 4.42 Å². The van der Waals surface area contributed by atoms with Crippen molar-refractivity contribution in [2.24, 2.45) is 0 Å². The lowest BCUT2D eigenvalue weighted by Gasteiger charge is -2.24. The summed E-state index contributed by atoms with van der Waals surface area (Å²) in [5.74, 6) is 0.425. The van der Waals surface area contributed by atoms with Gasteiger partial charge in [-0.25, -0.2) is 0 Å². The van der Waals surface area contributed by atoms with Crippen LogP contribution < -0.4 is 4.90 Å². The summed E-state index contributed by atoms with van der Waals surface area (Å²) in [7, 11) is 2.06. The van der Waals surface area contributed by atoms with Crippen LogP contribution >= 0.6 is 0 Å². The summed E-state index contributed by atoms with van der Waals surface area (Å²) in [4.78, 5) is 2.17. The molecule has 0 amide bonds. The highest BCUT2D eigenvalue weighted by atomic mass is 16.3. The Morgan fingerprint density at radius 3 is 2.23 bits per heavy atom. The topological polar surface area (TPSA) is 40.2 Å². The molecule has 26 heavy (non-hydrogen) atoms. The Kier molecular flexibility index (Phi) is 3.89. The van der Waals surface area contributed by atoms with E-state index < -0.39 is 0 Å². The van der Waals surface area contributed by atoms with Gasteiger partial charge < -0.3 is 9.32 Å². The fraction of sp³-hybridized carbons (Fsp3) is 0.174. The third-order valence-electron chi connectivity index (χ3n) is 4.91. The van der Waals surface area contributed by atoms with Gasteiger partial charge in [-0.2, -0.15) is 5.26 Å². The fourth-order valence-corrected chi connectivity index (χ4v) is 3.57. The number of benzene rings is 3. The van der Waals surface area contributed by atoms with Crippen LogP contribution in [0.15, 0.2) is 65.1 Å². The summed E-state index contributed by atoms with van der Waals surface area (Å²) >= 11 is 0. The Morgan fingerprint density at radius 2 is 1.50 bits per heavy atom. The Morgan fingerprint density at radius 1 is 0.846 bits per heavy atom. The van der Waals surface area contributed by atoms with Gasteiger partial charge in [0.05, 0.1) is 11.3 Å². The molecular formula is C23H20N2O. The van der Waals surface area contributed by atoms with Crippen molar-refractivity contribution < 1.29 is 4.42 Å². The Bertz CT molecular complexity index is 1150. The average Bonchev–Trinajstić information content (AvgIpc) is 3.06. The van der Waals surface area contributed by atoms with Gasteiger partial charge in [-0.3, -0.25) is 0 Å². The van der Waals surface area contributed by atoms with Crippen LogP contribution in [0.3, 0.4) is 0 Å². The molecule has 4 aromatic rings. The van der Waals surface area contributed by atoms with E-state index in [1.807, 2.05) is 24.3 Å². The minimum Gasteiger partial charge on any atom is -0.452 e. The summed E-state index contributed by atoms with van der Waals surface area (Å²) in [6.07, 6.45) is 0. The smallest absolute Gasteiger partial charge is 0.159 e. The zero-order chi connectivity index (χ0) is 18.3. The Balaban J connectivity index is 1.97. The molecule has 1 aromatic heterocycles. The molecule has 0 spiro atoms. The third-order valence-corrected chi connectivity index (χ3v) is 4.91. The second kappa shape index (κ2) is 6.24. The highest BCUT2D eigenvalue weighted by Crippen LogP contribution is 2.39. The number of furan rings is 1. The molecule has 0 bridgehead atoms. The van der Waals surface area contributed by atoms with Crippen molar-refractivity contribution >= 4 is 33.3 Å². The van der Waals surface area contributed by atoms with Crippen molar-refractivity contribution in [3.05, 3.63) is 71.8 Å². The maximum absolute atomic E-state index is 9.39. The quantitative estimate of drug-likeness (QED) is 0.436. The summed E-state index contributed by atoms with van der Waals surface area (Å²) in [5.41, 5.74) is 5.48. The lowest BCUT2D eigenvalue weighted by Crippen LogP contribution is -2.12. The maximum Gasteiger partial charge on any atom is 0.159 e. The van der Waals surface area contributed by atoms with Gasteiger partial charge in [-0.15, -0.1) is 0 Å². The summed E-state index contributed by atoms with van der Waals surface area (Å²) in [6.45, 7) is 4.40. The Hall–Kier alpha value is -3.25. The van der Waals surface area contributed by atoms with E-state index in [0.29, 0.717) is 17.1 Å². The molecule has 3 aromatic carbocycles. The van der Waals surface area contributed by atoms with Crippen LogP contribution in [0.5, 0.6) is 0 Å². The predicted octanol–water partition coefficient (Wildman–Crippen LogP) is 6.35. The molecule has 0 aliphatic carbocycles. The standard InChI is InChI=1S/C23H20N2O/c1-15(2)17-9-4-5-12-20(17)25(3)21-13-7-11-19-18-10-6-8-16(14-24)22(18)26-23(19)21/h4-13,15H,1-3H3. The number of para-hydroxylation sites is 3. The van der Waals surface area contributed by atoms with Crippen molar-refractivity contribution in [1.29, 1.82) is 5.26 Å². The molecule has 0 fully saturated rings. The van der Waals surface area contributed by atoms with Crippen LogP contribution in [0.25, 0.3) is 21.9 Å². The van der Waals surface area contributed by atoms with E-state index in [2.05, 4.69) is 62.2 Å². The lowest BCUT2D eigenvalue weighted by atomic mass is 10.00. The van der Waals surface area contributed by atoms with Gasteiger partial charge in [0.1, 0.15) is 6.07 Å². The summed E-state index contributed by atoms with van der Waals surface area (Å²) in [5, 5.41) is 11.4. The number of anilines is 2. The van der Waals surface area contributed by atoms with Gasteiger partial charge in [0, 0.05) is 23.5 Å². The van der Waals surface area contributed by atoms with Gasteiger partial charge >= 0.3 is 0 Å². The SMILES string of the molecule is CC(C)c1ccccc1N(C)c1cccc2c1oc1c(C#N)cccc12. The first kappa shape index (κ1) is 16.2. The lowest BCUT2D eigenvalue weighted by molar-refractivity contribution is 0.667. The molecular weight excluding hydrogens is 320 g/mol. The van der Waals surface area contributed by atoms with E-state index in [9.17, 15) is 5.26 Å². The molecule has 128 valence electrons. The highest BCUT2D eigenvalue weighted by Gasteiger charge is 2.18. The van der Waals surface area contributed by atoms with E-state index in [1.54, 1.807) is 6.07 Å². The van der Waals surface area contributed by atoms with Crippen molar-refractivity contribution in [2.45, 2.75) is 19.8 Å². The minimum atomic E-state index is 0.425. The first-order valence-corrected chi connectivity index (χ1v) is 8.79. The van der Waals surface area contributed by atoms with Gasteiger partial charge in [0.2, 0.25) is 0 Å². The van der Waals surface area contributed by atoms with Crippen LogP contribution in [-0.4, -0.2) is 7.05 Å². The molecule has 1 heterocycles. The molecule has 0 N–H and O–H groups in total. The minimum absolute atomic E-state index is 0.425. The largest absolute Gasteiger partial charge is 0.452 e. The monoisotopic (exact) mass is 340 g/mol. The molecule has 4 rings (SSSR count). The summed E-state index contributed by atoms with van der Waals surface area (Å²) < 4.78 is 6.18. The zero-order valence-electron chi connectivity index (χ0n) is 15.2. The molecule has 3 heteroatoms. The first-order chi connectivity index (χ1) is 12.6. The highest BCUT2D eigenvalue weighted by molar-refractivity contribution is 6.10. The van der Waals surface area contributed by atoms with Gasteiger partial charge in [-0.05, 0) is 29.7 Å².